The minimum atomic E-state index is -0.188. The van der Waals surface area contributed by atoms with E-state index in [1.54, 1.807) is 17.4 Å². The summed E-state index contributed by atoms with van der Waals surface area (Å²) in [4.78, 5) is 5.36. The monoisotopic (exact) mass is 550 g/mol. The van der Waals surface area contributed by atoms with E-state index in [0.717, 1.165) is 59.1 Å². The average molecular weight is 551 g/mol. The van der Waals surface area contributed by atoms with Gasteiger partial charge in [-0.05, 0) is 64.2 Å². The highest BCUT2D eigenvalue weighted by Gasteiger charge is 2.21. The molecule has 2 heterocycles. The fourth-order valence-corrected chi connectivity index (χ4v) is 7.31. The molecule has 2 aromatic heterocycles. The molecule has 6 aromatic carbocycles. The maximum atomic E-state index is 14.7. The van der Waals surface area contributed by atoms with E-state index >= 15 is 0 Å². The molecule has 0 bridgehead atoms. The molecule has 0 fully saturated rings. The van der Waals surface area contributed by atoms with Crippen LogP contribution in [0.1, 0.15) is 26.3 Å². The zero-order valence-electron chi connectivity index (χ0n) is 23.1. The van der Waals surface area contributed by atoms with Crippen molar-refractivity contribution < 1.29 is 4.39 Å². The Labute approximate surface area is 241 Å². The Balaban J connectivity index is 1.45. The van der Waals surface area contributed by atoms with Crippen LogP contribution < -0.4 is 0 Å². The maximum Gasteiger partial charge on any atom is 0.147 e. The molecule has 8 aromatic rings. The van der Waals surface area contributed by atoms with Crippen molar-refractivity contribution in [2.75, 3.05) is 0 Å². The molecule has 41 heavy (non-hydrogen) atoms. The van der Waals surface area contributed by atoms with Crippen molar-refractivity contribution in [1.82, 2.24) is 9.55 Å². The summed E-state index contributed by atoms with van der Waals surface area (Å²) in [6.45, 7) is 6.72. The van der Waals surface area contributed by atoms with Crippen molar-refractivity contribution in [3.05, 3.63) is 121 Å². The number of hydrogen-bond acceptors (Lipinski definition) is 2. The number of nitrogens with zero attached hydrogens (tertiary/aromatic N) is 2. The Morgan fingerprint density at radius 3 is 2.27 bits per heavy atom. The number of aromatic nitrogens is 2. The minimum Gasteiger partial charge on any atom is -0.292 e. The van der Waals surface area contributed by atoms with Crippen molar-refractivity contribution in [3.63, 3.8) is 0 Å². The summed E-state index contributed by atoms with van der Waals surface area (Å²) >= 11 is 1.75. The number of hydrogen-bond donors (Lipinski definition) is 0. The molecule has 0 amide bonds. The third-order valence-corrected chi connectivity index (χ3v) is 9.43. The quantitative estimate of drug-likeness (QED) is 0.209. The van der Waals surface area contributed by atoms with Crippen LogP contribution in [0.4, 0.5) is 4.39 Å². The van der Waals surface area contributed by atoms with Crippen molar-refractivity contribution in [1.29, 1.82) is 0 Å². The second-order valence-electron chi connectivity index (χ2n) is 11.8. The molecule has 0 N–H and O–H groups in total. The van der Waals surface area contributed by atoms with Crippen LogP contribution >= 0.6 is 11.3 Å². The van der Waals surface area contributed by atoms with E-state index in [9.17, 15) is 4.39 Å². The Morgan fingerprint density at radius 2 is 1.44 bits per heavy atom. The van der Waals surface area contributed by atoms with Crippen LogP contribution in [0, 0.1) is 5.82 Å². The van der Waals surface area contributed by atoms with Crippen LogP contribution in [-0.4, -0.2) is 9.55 Å². The third-order valence-electron chi connectivity index (χ3n) is 8.23. The summed E-state index contributed by atoms with van der Waals surface area (Å²) in [5, 5.41) is 6.09. The Kier molecular flexibility index (Phi) is 5.17. The van der Waals surface area contributed by atoms with Gasteiger partial charge < -0.3 is 0 Å². The van der Waals surface area contributed by atoms with Gasteiger partial charge in [-0.15, -0.1) is 11.3 Å². The molecule has 0 aliphatic rings. The second-order valence-corrected chi connectivity index (χ2v) is 12.9. The van der Waals surface area contributed by atoms with Crippen LogP contribution in [0.2, 0.25) is 0 Å². The molecule has 0 radical (unpaired) electrons. The Bertz CT molecular complexity index is 2300. The molecule has 2 nitrogen and oxygen atoms in total. The SMILES string of the molecule is CC(C)(C)c1ccc(-n2c(-c3cccc4c3sc3cc5cccc(F)c5cc34)nc3c4ccccc4ccc32)cc1. The van der Waals surface area contributed by atoms with Crippen molar-refractivity contribution in [3.8, 4) is 17.1 Å². The van der Waals surface area contributed by atoms with Crippen LogP contribution in [0.15, 0.2) is 109 Å². The highest BCUT2D eigenvalue weighted by Crippen LogP contribution is 2.43. The molecule has 0 atom stereocenters. The fraction of sp³-hybridized carbons (Fsp3) is 0.108. The van der Waals surface area contributed by atoms with E-state index < -0.39 is 0 Å². The van der Waals surface area contributed by atoms with Crippen LogP contribution in [0.3, 0.4) is 0 Å². The van der Waals surface area contributed by atoms with E-state index in [1.807, 2.05) is 12.1 Å². The van der Waals surface area contributed by atoms with Crippen LogP contribution in [-0.2, 0) is 5.41 Å². The molecule has 0 saturated heterocycles. The standard InChI is InChI=1S/C37H27FN2S/c1-37(2,3)24-15-17-25(18-16-24)40-32-19-14-22-8-4-5-10-26(22)34(32)39-36(40)28-12-7-11-27-30-21-29-23(9-6-13-31(29)38)20-33(30)41-35(27)28/h4-21H,1-3H3. The minimum absolute atomic E-state index is 0.0697. The van der Waals surface area contributed by atoms with Gasteiger partial charge in [-0.1, -0.05) is 87.5 Å². The first-order valence-electron chi connectivity index (χ1n) is 13.9. The fourth-order valence-electron chi connectivity index (χ4n) is 6.07. The molecular formula is C37H27FN2S. The van der Waals surface area contributed by atoms with Gasteiger partial charge in [0.2, 0.25) is 0 Å². The van der Waals surface area contributed by atoms with Crippen LogP contribution in [0.5, 0.6) is 0 Å². The predicted molar refractivity (Wildman–Crippen MR) is 173 cm³/mol. The molecule has 0 saturated carbocycles. The smallest absolute Gasteiger partial charge is 0.147 e. The molecule has 0 spiro atoms. The molecule has 0 unspecified atom stereocenters. The lowest BCUT2D eigenvalue weighted by Gasteiger charge is -2.19. The van der Waals surface area contributed by atoms with Gasteiger partial charge in [0.1, 0.15) is 11.6 Å². The summed E-state index contributed by atoms with van der Waals surface area (Å²) in [7, 11) is 0. The number of halogens is 1. The summed E-state index contributed by atoms with van der Waals surface area (Å²) in [5.74, 6) is 0.722. The van der Waals surface area contributed by atoms with Crippen molar-refractivity contribution in [2.24, 2.45) is 0 Å². The summed E-state index contributed by atoms with van der Waals surface area (Å²) in [5.41, 5.74) is 5.59. The van der Waals surface area contributed by atoms with Crippen molar-refractivity contribution in [2.45, 2.75) is 26.2 Å². The van der Waals surface area contributed by atoms with E-state index in [1.165, 1.54) is 17.0 Å². The van der Waals surface area contributed by atoms with E-state index in [4.69, 9.17) is 4.98 Å². The first-order chi connectivity index (χ1) is 19.9. The lowest BCUT2D eigenvalue weighted by Crippen LogP contribution is -2.11. The van der Waals surface area contributed by atoms with E-state index in [2.05, 4.69) is 110 Å². The normalized spacial score (nSPS) is 12.4. The predicted octanol–water partition coefficient (Wildman–Crippen LogP) is 10.8. The number of fused-ring (bicyclic) bond motifs is 7. The van der Waals surface area contributed by atoms with E-state index in [0.29, 0.717) is 5.39 Å². The highest BCUT2D eigenvalue weighted by atomic mass is 32.1. The van der Waals surface area contributed by atoms with Crippen molar-refractivity contribution >= 4 is 64.1 Å². The first-order valence-corrected chi connectivity index (χ1v) is 14.7. The topological polar surface area (TPSA) is 17.8 Å². The second kappa shape index (κ2) is 8.73. The summed E-state index contributed by atoms with van der Waals surface area (Å²) < 4.78 is 19.3. The molecule has 0 aliphatic carbocycles. The van der Waals surface area contributed by atoms with Gasteiger partial charge in [0.05, 0.1) is 11.0 Å². The molecule has 8 rings (SSSR count). The Morgan fingerprint density at radius 1 is 0.683 bits per heavy atom. The van der Waals surface area contributed by atoms with Gasteiger partial charge >= 0.3 is 0 Å². The lowest BCUT2D eigenvalue weighted by molar-refractivity contribution is 0.590. The molecular weight excluding hydrogens is 523 g/mol. The molecule has 0 aliphatic heterocycles. The number of imidazole rings is 1. The average Bonchev–Trinajstić information content (AvgIpc) is 3.54. The van der Waals surface area contributed by atoms with Gasteiger partial charge in [-0.2, -0.15) is 0 Å². The van der Waals surface area contributed by atoms with Gasteiger partial charge in [-0.25, -0.2) is 9.37 Å². The van der Waals surface area contributed by atoms with Gasteiger partial charge in [0.25, 0.3) is 0 Å². The summed E-state index contributed by atoms with van der Waals surface area (Å²) in [6.07, 6.45) is 0. The summed E-state index contributed by atoms with van der Waals surface area (Å²) in [6, 6.07) is 37.5. The number of thiophene rings is 1. The van der Waals surface area contributed by atoms with Gasteiger partial charge in [-0.3, -0.25) is 4.57 Å². The Hall–Kier alpha value is -4.54. The third kappa shape index (κ3) is 3.71. The molecule has 4 heteroatoms. The number of rotatable bonds is 2. The highest BCUT2D eigenvalue weighted by molar-refractivity contribution is 7.26. The molecule has 198 valence electrons. The zero-order chi connectivity index (χ0) is 27.9. The first kappa shape index (κ1) is 24.3. The number of benzene rings is 6. The largest absolute Gasteiger partial charge is 0.292 e. The zero-order valence-corrected chi connectivity index (χ0v) is 23.9. The van der Waals surface area contributed by atoms with Crippen LogP contribution in [0.25, 0.3) is 69.8 Å². The lowest BCUT2D eigenvalue weighted by atomic mass is 9.87. The van der Waals surface area contributed by atoms with E-state index in [-0.39, 0.29) is 11.2 Å². The van der Waals surface area contributed by atoms with Gasteiger partial charge in [0.15, 0.2) is 0 Å². The van der Waals surface area contributed by atoms with Gasteiger partial charge in [0, 0.05) is 42.2 Å². The maximum absolute atomic E-state index is 14.7.